The minimum absolute atomic E-state index is 0.0920. The number of benzene rings is 1. The topological polar surface area (TPSA) is 54.5 Å². The normalized spacial score (nSPS) is 22.5. The van der Waals surface area contributed by atoms with E-state index in [-0.39, 0.29) is 17.4 Å². The first-order valence-electron chi connectivity index (χ1n) is 7.96. The molecule has 2 atom stereocenters. The lowest BCUT2D eigenvalue weighted by Crippen LogP contribution is -2.44. The number of carbonyl (C=O) groups excluding carboxylic acids is 1. The van der Waals surface area contributed by atoms with Gasteiger partial charge in [0.2, 0.25) is 5.91 Å². The van der Waals surface area contributed by atoms with Crippen molar-refractivity contribution in [2.45, 2.75) is 32.6 Å². The zero-order chi connectivity index (χ0) is 16.2. The first-order chi connectivity index (χ1) is 10.4. The second-order valence-electron chi connectivity index (χ2n) is 6.21. The average Bonchev–Trinajstić information content (AvgIpc) is 2.47. The fourth-order valence-corrected chi connectivity index (χ4v) is 4.56. The molecular weight excluding hydrogens is 298 g/mol. The molecule has 1 fully saturated rings. The third-order valence-corrected chi connectivity index (χ3v) is 6.06. The Morgan fingerprint density at radius 1 is 1.27 bits per heavy atom. The molecule has 5 heteroatoms. The molecule has 0 bridgehead atoms. The molecule has 0 radical (unpaired) electrons. The zero-order valence-corrected chi connectivity index (χ0v) is 14.2. The molecule has 4 nitrogen and oxygen atoms in total. The summed E-state index contributed by atoms with van der Waals surface area (Å²) < 4.78 is 23.6. The fraction of sp³-hybridized carbons (Fsp3) is 0.588. The molecule has 0 saturated carbocycles. The number of amides is 1. The summed E-state index contributed by atoms with van der Waals surface area (Å²) in [5.74, 6) is 0.288. The number of rotatable bonds is 5. The Morgan fingerprint density at radius 3 is 2.55 bits per heavy atom. The van der Waals surface area contributed by atoms with Gasteiger partial charge in [-0.15, -0.1) is 0 Å². The summed E-state index contributed by atoms with van der Waals surface area (Å²) >= 11 is 0. The molecule has 1 saturated heterocycles. The minimum atomic E-state index is -3.25. The van der Waals surface area contributed by atoms with Gasteiger partial charge in [-0.05, 0) is 30.2 Å². The van der Waals surface area contributed by atoms with Gasteiger partial charge in [0.05, 0.1) is 5.75 Å². The van der Waals surface area contributed by atoms with E-state index in [4.69, 9.17) is 0 Å². The summed E-state index contributed by atoms with van der Waals surface area (Å²) in [6.45, 7) is 5.23. The van der Waals surface area contributed by atoms with Gasteiger partial charge in [-0.2, -0.15) is 0 Å². The number of carbonyl (C=O) groups is 1. The maximum atomic E-state index is 12.2. The Morgan fingerprint density at radius 2 is 1.95 bits per heavy atom. The van der Waals surface area contributed by atoms with Crippen LogP contribution in [0.3, 0.4) is 0 Å². The van der Waals surface area contributed by atoms with Gasteiger partial charge in [0, 0.05) is 13.1 Å². The van der Waals surface area contributed by atoms with Gasteiger partial charge in [0.1, 0.15) is 5.75 Å². The number of nitrogens with zero attached hydrogens (tertiary/aromatic N) is 1. The summed E-state index contributed by atoms with van der Waals surface area (Å²) in [4.78, 5) is 13.9. The van der Waals surface area contributed by atoms with Crippen LogP contribution in [-0.2, 0) is 14.6 Å². The molecule has 1 heterocycles. The second-order valence-corrected chi connectivity index (χ2v) is 8.40. The van der Waals surface area contributed by atoms with Gasteiger partial charge in [-0.1, -0.05) is 44.2 Å². The number of piperidine rings is 1. The molecular formula is C17H25NO3S. The molecule has 1 aromatic carbocycles. The lowest BCUT2D eigenvalue weighted by atomic mass is 9.81. The van der Waals surface area contributed by atoms with E-state index >= 15 is 0 Å². The van der Waals surface area contributed by atoms with Crippen molar-refractivity contribution in [1.82, 2.24) is 4.90 Å². The monoisotopic (exact) mass is 323 g/mol. The lowest BCUT2D eigenvalue weighted by Gasteiger charge is -2.37. The van der Waals surface area contributed by atoms with Gasteiger partial charge < -0.3 is 4.90 Å². The van der Waals surface area contributed by atoms with E-state index in [0.29, 0.717) is 31.3 Å². The predicted molar refractivity (Wildman–Crippen MR) is 88.5 cm³/mol. The molecule has 1 aliphatic rings. The smallest absolute Gasteiger partial charge is 0.237 e. The SMILES string of the molecule is CCCS(=O)(=O)CC(=O)N1CC[C@H](c2ccccc2)[C@H](C)C1. The van der Waals surface area contributed by atoms with Crippen molar-refractivity contribution in [2.75, 3.05) is 24.6 Å². The van der Waals surface area contributed by atoms with Crippen molar-refractivity contribution in [3.05, 3.63) is 35.9 Å². The van der Waals surface area contributed by atoms with Crippen LogP contribution in [0.5, 0.6) is 0 Å². The predicted octanol–water partition coefficient (Wildman–Crippen LogP) is 2.46. The summed E-state index contributed by atoms with van der Waals surface area (Å²) in [6, 6.07) is 10.3. The Bertz CT molecular complexity index is 598. The summed E-state index contributed by atoms with van der Waals surface area (Å²) in [5, 5.41) is 0. The largest absolute Gasteiger partial charge is 0.342 e. The average molecular weight is 323 g/mol. The molecule has 1 aliphatic heterocycles. The summed E-state index contributed by atoms with van der Waals surface area (Å²) in [5.41, 5.74) is 1.31. The van der Waals surface area contributed by atoms with E-state index < -0.39 is 9.84 Å². The van der Waals surface area contributed by atoms with Crippen LogP contribution in [0.15, 0.2) is 30.3 Å². The molecule has 0 aromatic heterocycles. The fourth-order valence-electron chi connectivity index (χ4n) is 3.23. The van der Waals surface area contributed by atoms with Gasteiger partial charge in [0.25, 0.3) is 0 Å². The molecule has 0 N–H and O–H groups in total. The van der Waals surface area contributed by atoms with Crippen molar-refractivity contribution >= 4 is 15.7 Å². The highest BCUT2D eigenvalue weighted by molar-refractivity contribution is 7.92. The molecule has 2 rings (SSSR count). The van der Waals surface area contributed by atoms with Crippen LogP contribution in [0.1, 0.15) is 38.2 Å². The molecule has 1 amide bonds. The maximum absolute atomic E-state index is 12.2. The van der Waals surface area contributed by atoms with Gasteiger partial charge in [-0.25, -0.2) is 8.42 Å². The summed E-state index contributed by atoms with van der Waals surface area (Å²) in [6.07, 6.45) is 1.45. The van der Waals surface area contributed by atoms with E-state index in [1.54, 1.807) is 4.90 Å². The van der Waals surface area contributed by atoms with Crippen LogP contribution in [0.2, 0.25) is 0 Å². The Kier molecular flexibility index (Phi) is 5.62. The third kappa shape index (κ3) is 4.32. The highest BCUT2D eigenvalue weighted by Crippen LogP contribution is 2.32. The molecule has 0 aliphatic carbocycles. The summed E-state index contributed by atoms with van der Waals surface area (Å²) in [7, 11) is -3.25. The number of hydrogen-bond acceptors (Lipinski definition) is 3. The van der Waals surface area contributed by atoms with Gasteiger partial charge >= 0.3 is 0 Å². The van der Waals surface area contributed by atoms with Crippen LogP contribution in [0.25, 0.3) is 0 Å². The molecule has 22 heavy (non-hydrogen) atoms. The van der Waals surface area contributed by atoms with Gasteiger partial charge in [0.15, 0.2) is 9.84 Å². The van der Waals surface area contributed by atoms with Crippen LogP contribution < -0.4 is 0 Å². The van der Waals surface area contributed by atoms with Crippen LogP contribution in [0.4, 0.5) is 0 Å². The molecule has 1 aromatic rings. The maximum Gasteiger partial charge on any atom is 0.237 e. The highest BCUT2D eigenvalue weighted by atomic mass is 32.2. The highest BCUT2D eigenvalue weighted by Gasteiger charge is 2.31. The lowest BCUT2D eigenvalue weighted by molar-refractivity contribution is -0.130. The second kappa shape index (κ2) is 7.27. The van der Waals surface area contributed by atoms with E-state index in [1.807, 2.05) is 25.1 Å². The standard InChI is InChI=1S/C17H25NO3S/c1-3-11-22(20,21)13-17(19)18-10-9-16(14(2)12-18)15-7-5-4-6-8-15/h4-8,14,16H,3,9-13H2,1-2H3/t14-,16+/m1/s1. The zero-order valence-electron chi connectivity index (χ0n) is 13.4. The van der Waals surface area contributed by atoms with Crippen LogP contribution >= 0.6 is 0 Å². The Balaban J connectivity index is 1.97. The minimum Gasteiger partial charge on any atom is -0.342 e. The van der Waals surface area contributed by atoms with E-state index in [0.717, 1.165) is 6.42 Å². The van der Waals surface area contributed by atoms with Crippen molar-refractivity contribution in [2.24, 2.45) is 5.92 Å². The van der Waals surface area contributed by atoms with Crippen molar-refractivity contribution in [1.29, 1.82) is 0 Å². The quantitative estimate of drug-likeness (QED) is 0.836. The van der Waals surface area contributed by atoms with Crippen LogP contribution in [-0.4, -0.2) is 43.8 Å². The van der Waals surface area contributed by atoms with E-state index in [9.17, 15) is 13.2 Å². The Labute approximate surface area is 133 Å². The van der Waals surface area contributed by atoms with Crippen LogP contribution in [0, 0.1) is 5.92 Å². The third-order valence-electron chi connectivity index (χ3n) is 4.34. The van der Waals surface area contributed by atoms with E-state index in [1.165, 1.54) is 5.56 Å². The van der Waals surface area contributed by atoms with Gasteiger partial charge in [-0.3, -0.25) is 4.79 Å². The number of hydrogen-bond donors (Lipinski definition) is 0. The van der Waals surface area contributed by atoms with Crippen molar-refractivity contribution in [3.63, 3.8) is 0 Å². The first-order valence-corrected chi connectivity index (χ1v) is 9.78. The van der Waals surface area contributed by atoms with Crippen molar-refractivity contribution in [3.8, 4) is 0 Å². The number of sulfone groups is 1. The number of likely N-dealkylation sites (tertiary alicyclic amines) is 1. The first kappa shape index (κ1) is 17.0. The van der Waals surface area contributed by atoms with E-state index in [2.05, 4.69) is 19.1 Å². The molecule has 0 spiro atoms. The molecule has 0 unspecified atom stereocenters. The van der Waals surface area contributed by atoms with Crippen molar-refractivity contribution < 1.29 is 13.2 Å². The molecule has 122 valence electrons. The Hall–Kier alpha value is -1.36.